The third-order valence-corrected chi connectivity index (χ3v) is 3.08. The fraction of sp³-hybridized carbons (Fsp3) is 0.154. The lowest BCUT2D eigenvalue weighted by Crippen LogP contribution is -2.03. The summed E-state index contributed by atoms with van der Waals surface area (Å²) in [6.45, 7) is 3.78. The van der Waals surface area contributed by atoms with E-state index in [4.69, 9.17) is 5.11 Å². The number of allylic oxidation sites excluding steroid dienone is 1. The van der Waals surface area contributed by atoms with E-state index in [0.29, 0.717) is 5.69 Å². The molecule has 1 N–H and O–H groups in total. The number of nitrogens with zero attached hydrogens (tertiary/aromatic N) is 3. The van der Waals surface area contributed by atoms with Crippen molar-refractivity contribution >= 4 is 28.0 Å². The van der Waals surface area contributed by atoms with E-state index >= 15 is 0 Å². The Hall–Kier alpha value is -1.95. The van der Waals surface area contributed by atoms with E-state index in [-0.39, 0.29) is 5.69 Å². The van der Waals surface area contributed by atoms with Crippen LogP contribution in [-0.4, -0.2) is 26.1 Å². The SMILES string of the molecule is CC(C)=Cc1c(C(=O)O)nnn1-c1ccccc1Br. The van der Waals surface area contributed by atoms with Gasteiger partial charge in [0.05, 0.1) is 5.69 Å². The number of carboxylic acids is 1. The van der Waals surface area contributed by atoms with Crippen molar-refractivity contribution in [3.8, 4) is 5.69 Å². The summed E-state index contributed by atoms with van der Waals surface area (Å²) in [5.41, 5.74) is 2.12. The fourth-order valence-corrected chi connectivity index (χ4v) is 2.10. The minimum absolute atomic E-state index is 0.0584. The Bertz CT molecular complexity index is 658. The standard InChI is InChI=1S/C13H12BrN3O2/c1-8(2)7-11-12(13(18)19)15-16-17(11)10-6-4-3-5-9(10)14/h3-7H,1-2H3,(H,18,19). The Balaban J connectivity index is 2.68. The van der Waals surface area contributed by atoms with Crippen molar-refractivity contribution < 1.29 is 9.90 Å². The van der Waals surface area contributed by atoms with E-state index in [1.807, 2.05) is 38.1 Å². The summed E-state index contributed by atoms with van der Waals surface area (Å²) in [6.07, 6.45) is 1.75. The smallest absolute Gasteiger partial charge is 0.358 e. The molecule has 0 unspecified atom stereocenters. The van der Waals surface area contributed by atoms with E-state index in [2.05, 4.69) is 26.2 Å². The summed E-state index contributed by atoms with van der Waals surface area (Å²) in [5.74, 6) is -1.09. The molecule has 0 amide bonds. The topological polar surface area (TPSA) is 68.0 Å². The molecule has 6 heteroatoms. The Morgan fingerprint density at radius 3 is 2.63 bits per heavy atom. The third-order valence-electron chi connectivity index (χ3n) is 2.41. The van der Waals surface area contributed by atoms with Gasteiger partial charge in [-0.2, -0.15) is 0 Å². The maximum absolute atomic E-state index is 11.2. The number of benzene rings is 1. The molecule has 0 aliphatic heterocycles. The van der Waals surface area contributed by atoms with Crippen LogP contribution in [0, 0.1) is 0 Å². The number of aromatic nitrogens is 3. The summed E-state index contributed by atoms with van der Waals surface area (Å²) in [5, 5.41) is 16.8. The number of carbonyl (C=O) groups is 1. The second-order valence-corrected chi connectivity index (χ2v) is 5.07. The van der Waals surface area contributed by atoms with Crippen LogP contribution in [0.15, 0.2) is 34.3 Å². The van der Waals surface area contributed by atoms with Gasteiger partial charge in [-0.3, -0.25) is 0 Å². The van der Waals surface area contributed by atoms with Crippen LogP contribution in [-0.2, 0) is 0 Å². The molecule has 0 atom stereocenters. The van der Waals surface area contributed by atoms with Crippen LogP contribution >= 0.6 is 15.9 Å². The number of para-hydroxylation sites is 1. The van der Waals surface area contributed by atoms with Gasteiger partial charge in [-0.15, -0.1) is 5.10 Å². The number of carboxylic acid groups (broad SMARTS) is 1. The van der Waals surface area contributed by atoms with E-state index in [0.717, 1.165) is 15.7 Å². The fourth-order valence-electron chi connectivity index (χ4n) is 1.65. The average molecular weight is 322 g/mol. The zero-order chi connectivity index (χ0) is 14.0. The molecule has 0 bridgehead atoms. The molecule has 1 aromatic carbocycles. The highest BCUT2D eigenvalue weighted by atomic mass is 79.9. The van der Waals surface area contributed by atoms with Crippen LogP contribution < -0.4 is 0 Å². The summed E-state index contributed by atoms with van der Waals surface area (Å²) < 4.78 is 2.33. The van der Waals surface area contributed by atoms with Crippen LogP contribution in [0.1, 0.15) is 30.0 Å². The second-order valence-electron chi connectivity index (χ2n) is 4.21. The van der Waals surface area contributed by atoms with Gasteiger partial charge in [0, 0.05) is 4.47 Å². The Morgan fingerprint density at radius 1 is 1.37 bits per heavy atom. The van der Waals surface area contributed by atoms with Gasteiger partial charge in [0.25, 0.3) is 0 Å². The maximum Gasteiger partial charge on any atom is 0.358 e. The Kier molecular flexibility index (Phi) is 3.80. The van der Waals surface area contributed by atoms with Crippen molar-refractivity contribution in [3.05, 3.63) is 45.7 Å². The minimum Gasteiger partial charge on any atom is -0.476 e. The van der Waals surface area contributed by atoms with Crippen LogP contribution in [0.25, 0.3) is 11.8 Å². The van der Waals surface area contributed by atoms with Crippen molar-refractivity contribution in [1.29, 1.82) is 0 Å². The first kappa shape index (κ1) is 13.5. The number of hydrogen-bond acceptors (Lipinski definition) is 3. The van der Waals surface area contributed by atoms with Crippen molar-refractivity contribution in [2.75, 3.05) is 0 Å². The summed E-state index contributed by atoms with van der Waals surface area (Å²) in [6, 6.07) is 7.44. The number of aromatic carboxylic acids is 1. The van der Waals surface area contributed by atoms with E-state index in [9.17, 15) is 4.79 Å². The van der Waals surface area contributed by atoms with E-state index < -0.39 is 5.97 Å². The van der Waals surface area contributed by atoms with Gasteiger partial charge in [0.15, 0.2) is 5.69 Å². The lowest BCUT2D eigenvalue weighted by atomic mass is 10.2. The third kappa shape index (κ3) is 2.73. The summed E-state index contributed by atoms with van der Waals surface area (Å²) in [7, 11) is 0. The zero-order valence-corrected chi connectivity index (χ0v) is 12.0. The predicted octanol–water partition coefficient (Wildman–Crippen LogP) is 3.15. The van der Waals surface area contributed by atoms with Crippen molar-refractivity contribution in [2.45, 2.75) is 13.8 Å². The van der Waals surface area contributed by atoms with Crippen LogP contribution in [0.5, 0.6) is 0 Å². The first-order valence-corrected chi connectivity index (χ1v) is 6.39. The van der Waals surface area contributed by atoms with Crippen LogP contribution in [0.3, 0.4) is 0 Å². The van der Waals surface area contributed by atoms with Crippen molar-refractivity contribution in [3.63, 3.8) is 0 Å². The molecule has 19 heavy (non-hydrogen) atoms. The molecule has 0 saturated heterocycles. The minimum atomic E-state index is -1.09. The van der Waals surface area contributed by atoms with Gasteiger partial charge in [-0.05, 0) is 48.0 Å². The molecule has 0 aliphatic carbocycles. The molecule has 98 valence electrons. The molecule has 0 saturated carbocycles. The Morgan fingerprint density at radius 2 is 2.05 bits per heavy atom. The van der Waals surface area contributed by atoms with Gasteiger partial charge < -0.3 is 5.11 Å². The molecule has 0 aliphatic rings. The molecule has 0 spiro atoms. The summed E-state index contributed by atoms with van der Waals surface area (Å²) in [4.78, 5) is 11.2. The molecular formula is C13H12BrN3O2. The first-order valence-electron chi connectivity index (χ1n) is 5.59. The predicted molar refractivity (Wildman–Crippen MR) is 75.3 cm³/mol. The highest BCUT2D eigenvalue weighted by Crippen LogP contribution is 2.23. The second kappa shape index (κ2) is 5.36. The maximum atomic E-state index is 11.2. The monoisotopic (exact) mass is 321 g/mol. The lowest BCUT2D eigenvalue weighted by Gasteiger charge is -2.06. The molecule has 5 nitrogen and oxygen atoms in total. The summed E-state index contributed by atoms with van der Waals surface area (Å²) >= 11 is 3.42. The van der Waals surface area contributed by atoms with Crippen molar-refractivity contribution in [2.24, 2.45) is 0 Å². The first-order chi connectivity index (χ1) is 9.00. The quantitative estimate of drug-likeness (QED) is 0.942. The molecule has 0 radical (unpaired) electrons. The molecular weight excluding hydrogens is 310 g/mol. The number of rotatable bonds is 3. The molecule has 1 heterocycles. The molecule has 2 rings (SSSR count). The van der Waals surface area contributed by atoms with E-state index in [1.165, 1.54) is 4.68 Å². The van der Waals surface area contributed by atoms with Crippen LogP contribution in [0.4, 0.5) is 0 Å². The molecule has 1 aromatic heterocycles. The Labute approximate surface area is 118 Å². The van der Waals surface area contributed by atoms with Gasteiger partial charge >= 0.3 is 5.97 Å². The van der Waals surface area contributed by atoms with Gasteiger partial charge in [-0.1, -0.05) is 22.9 Å². The van der Waals surface area contributed by atoms with E-state index in [1.54, 1.807) is 6.08 Å². The van der Waals surface area contributed by atoms with Gasteiger partial charge in [0.2, 0.25) is 0 Å². The highest BCUT2D eigenvalue weighted by molar-refractivity contribution is 9.10. The van der Waals surface area contributed by atoms with Gasteiger partial charge in [-0.25, -0.2) is 9.48 Å². The molecule has 0 fully saturated rings. The normalized spacial score (nSPS) is 10.3. The molecule has 2 aromatic rings. The highest BCUT2D eigenvalue weighted by Gasteiger charge is 2.19. The van der Waals surface area contributed by atoms with Gasteiger partial charge in [0.1, 0.15) is 5.69 Å². The number of hydrogen-bond donors (Lipinski definition) is 1. The largest absolute Gasteiger partial charge is 0.476 e. The van der Waals surface area contributed by atoms with Crippen molar-refractivity contribution in [1.82, 2.24) is 15.0 Å². The average Bonchev–Trinajstić information content (AvgIpc) is 2.72. The lowest BCUT2D eigenvalue weighted by molar-refractivity contribution is 0.0690. The number of halogens is 1. The zero-order valence-electron chi connectivity index (χ0n) is 10.5. The van der Waals surface area contributed by atoms with Crippen LogP contribution in [0.2, 0.25) is 0 Å².